The number of non-ortho nitro benzene ring substituents is 1. The minimum absolute atomic E-state index is 0.0863. The fourth-order valence-electron chi connectivity index (χ4n) is 2.41. The summed E-state index contributed by atoms with van der Waals surface area (Å²) in [5.74, 6) is -1.13. The summed E-state index contributed by atoms with van der Waals surface area (Å²) in [5, 5.41) is 14.0. The number of hydrogen-bond acceptors (Lipinski definition) is 7. The van der Waals surface area contributed by atoms with E-state index in [2.05, 4.69) is 5.32 Å². The number of nitrogens with one attached hydrogen (secondary N) is 1. The van der Waals surface area contributed by atoms with Gasteiger partial charge in [0.05, 0.1) is 24.8 Å². The third-order valence-electron chi connectivity index (χ3n) is 4.01. The molecule has 2 rings (SSSR count). The van der Waals surface area contributed by atoms with Gasteiger partial charge in [0.2, 0.25) is 0 Å². The van der Waals surface area contributed by atoms with Crippen molar-refractivity contribution >= 4 is 34.9 Å². The molecule has 1 amide bonds. The predicted octanol–water partition coefficient (Wildman–Crippen LogP) is 3.76. The van der Waals surface area contributed by atoms with Crippen LogP contribution in [-0.4, -0.2) is 37.1 Å². The van der Waals surface area contributed by atoms with Crippen LogP contribution < -0.4 is 14.8 Å². The summed E-state index contributed by atoms with van der Waals surface area (Å²) in [7, 11) is 2.73. The van der Waals surface area contributed by atoms with Gasteiger partial charge in [-0.1, -0.05) is 11.6 Å². The van der Waals surface area contributed by atoms with E-state index in [9.17, 15) is 19.7 Å². The topological polar surface area (TPSA) is 117 Å². The first kappa shape index (κ1) is 22.0. The maximum Gasteiger partial charge on any atom is 0.342 e. The number of nitro groups is 1. The largest absolute Gasteiger partial charge is 0.496 e. The molecule has 1 unspecified atom stereocenters. The summed E-state index contributed by atoms with van der Waals surface area (Å²) in [6.45, 7) is 3.13. The maximum atomic E-state index is 12.5. The second-order valence-corrected chi connectivity index (χ2v) is 6.39. The van der Waals surface area contributed by atoms with Gasteiger partial charge < -0.3 is 19.5 Å². The van der Waals surface area contributed by atoms with Gasteiger partial charge in [0.1, 0.15) is 17.1 Å². The van der Waals surface area contributed by atoms with Crippen LogP contribution in [0.1, 0.15) is 22.8 Å². The summed E-state index contributed by atoms with van der Waals surface area (Å²) >= 11 is 6.04. The van der Waals surface area contributed by atoms with Crippen molar-refractivity contribution in [1.82, 2.24) is 0 Å². The third kappa shape index (κ3) is 5.14. The Morgan fingerprint density at radius 2 is 1.79 bits per heavy atom. The number of halogens is 1. The summed E-state index contributed by atoms with van der Waals surface area (Å²) < 4.78 is 15.4. The highest BCUT2D eigenvalue weighted by Gasteiger charge is 2.24. The molecule has 0 aliphatic heterocycles. The summed E-state index contributed by atoms with van der Waals surface area (Å²) in [4.78, 5) is 35.2. The summed E-state index contributed by atoms with van der Waals surface area (Å²) in [6.07, 6.45) is -1.20. The van der Waals surface area contributed by atoms with E-state index in [1.54, 1.807) is 19.1 Å². The Hall–Kier alpha value is -3.33. The summed E-state index contributed by atoms with van der Waals surface area (Å²) in [5.41, 5.74) is 0.599. The highest BCUT2D eigenvalue weighted by Crippen LogP contribution is 2.31. The molecule has 0 fully saturated rings. The van der Waals surface area contributed by atoms with E-state index in [1.165, 1.54) is 33.3 Å². The average molecular weight is 423 g/mol. The van der Waals surface area contributed by atoms with E-state index in [1.807, 2.05) is 0 Å². The standard InChI is InChI=1S/C19H19ClN2O7/c1-10-7-15(17(28-4)9-14(10)20)21-18(23)11(2)29-19(24)13-8-12(22(25)26)5-6-16(13)27-3/h5-9,11H,1-4H3,(H,21,23). The highest BCUT2D eigenvalue weighted by atomic mass is 35.5. The minimum Gasteiger partial charge on any atom is -0.496 e. The van der Waals surface area contributed by atoms with Crippen molar-refractivity contribution < 1.29 is 28.7 Å². The van der Waals surface area contributed by atoms with Crippen molar-refractivity contribution in [3.05, 3.63) is 56.6 Å². The molecule has 9 nitrogen and oxygen atoms in total. The van der Waals surface area contributed by atoms with Gasteiger partial charge in [0, 0.05) is 23.2 Å². The smallest absolute Gasteiger partial charge is 0.342 e. The molecule has 0 saturated carbocycles. The van der Waals surface area contributed by atoms with Crippen molar-refractivity contribution in [2.75, 3.05) is 19.5 Å². The first-order chi connectivity index (χ1) is 13.7. The number of nitrogens with zero attached hydrogens (tertiary/aromatic N) is 1. The number of amides is 1. The Kier molecular flexibility index (Phi) is 7.00. The zero-order valence-corrected chi connectivity index (χ0v) is 16.9. The molecule has 10 heteroatoms. The molecular formula is C19H19ClN2O7. The number of ether oxygens (including phenoxy) is 3. The molecule has 1 atom stereocenters. The van der Waals surface area contributed by atoms with Crippen LogP contribution in [0.3, 0.4) is 0 Å². The van der Waals surface area contributed by atoms with Crippen LogP contribution in [0.5, 0.6) is 11.5 Å². The number of carbonyl (C=O) groups excluding carboxylic acids is 2. The number of carbonyl (C=O) groups is 2. The number of hydrogen-bond donors (Lipinski definition) is 1. The quantitative estimate of drug-likeness (QED) is 0.410. The second kappa shape index (κ2) is 9.24. The Morgan fingerprint density at radius 3 is 2.38 bits per heavy atom. The lowest BCUT2D eigenvalue weighted by atomic mass is 10.1. The Bertz CT molecular complexity index is 962. The van der Waals surface area contributed by atoms with Crippen LogP contribution in [0, 0.1) is 17.0 Å². The third-order valence-corrected chi connectivity index (χ3v) is 4.41. The van der Waals surface area contributed by atoms with Gasteiger partial charge in [-0.3, -0.25) is 14.9 Å². The molecule has 0 spiro atoms. The van der Waals surface area contributed by atoms with E-state index in [4.69, 9.17) is 25.8 Å². The Balaban J connectivity index is 2.18. The molecule has 29 heavy (non-hydrogen) atoms. The molecule has 1 N–H and O–H groups in total. The van der Waals surface area contributed by atoms with Crippen LogP contribution in [0.2, 0.25) is 5.02 Å². The van der Waals surface area contributed by atoms with Crippen molar-refractivity contribution in [3.8, 4) is 11.5 Å². The molecule has 154 valence electrons. The lowest BCUT2D eigenvalue weighted by Gasteiger charge is -2.16. The predicted molar refractivity (Wildman–Crippen MR) is 106 cm³/mol. The fourth-order valence-corrected chi connectivity index (χ4v) is 2.56. The van der Waals surface area contributed by atoms with Gasteiger partial charge >= 0.3 is 5.97 Å². The number of nitro benzene ring substituents is 1. The zero-order valence-electron chi connectivity index (χ0n) is 16.1. The van der Waals surface area contributed by atoms with Gasteiger partial charge in [0.25, 0.3) is 11.6 Å². The minimum atomic E-state index is -1.20. The van der Waals surface area contributed by atoms with Crippen molar-refractivity contribution in [2.24, 2.45) is 0 Å². The van der Waals surface area contributed by atoms with Gasteiger partial charge in [-0.05, 0) is 31.5 Å². The molecular weight excluding hydrogens is 404 g/mol. The summed E-state index contributed by atoms with van der Waals surface area (Å²) in [6, 6.07) is 6.67. The Morgan fingerprint density at radius 1 is 1.14 bits per heavy atom. The van der Waals surface area contributed by atoms with Crippen LogP contribution in [0.15, 0.2) is 30.3 Å². The molecule has 0 heterocycles. The van der Waals surface area contributed by atoms with Crippen molar-refractivity contribution in [2.45, 2.75) is 20.0 Å². The zero-order chi connectivity index (χ0) is 21.7. The normalized spacial score (nSPS) is 11.3. The SMILES string of the molecule is COc1cc(Cl)c(C)cc1NC(=O)C(C)OC(=O)c1cc([N+](=O)[O-])ccc1OC. The Labute approximate surface area is 171 Å². The monoisotopic (exact) mass is 422 g/mol. The lowest BCUT2D eigenvalue weighted by Crippen LogP contribution is -2.30. The van der Waals surface area contributed by atoms with Crippen LogP contribution in [-0.2, 0) is 9.53 Å². The van der Waals surface area contributed by atoms with E-state index in [0.29, 0.717) is 22.0 Å². The fraction of sp³-hybridized carbons (Fsp3) is 0.263. The molecule has 0 bridgehead atoms. The second-order valence-electron chi connectivity index (χ2n) is 5.98. The molecule has 0 aliphatic carbocycles. The lowest BCUT2D eigenvalue weighted by molar-refractivity contribution is -0.384. The van der Waals surface area contributed by atoms with Gasteiger partial charge in [0.15, 0.2) is 6.10 Å². The van der Waals surface area contributed by atoms with E-state index >= 15 is 0 Å². The number of anilines is 1. The molecule has 0 radical (unpaired) electrons. The van der Waals surface area contributed by atoms with Gasteiger partial charge in [-0.25, -0.2) is 4.79 Å². The van der Waals surface area contributed by atoms with Crippen molar-refractivity contribution in [1.29, 1.82) is 0 Å². The number of methoxy groups -OCH3 is 2. The van der Waals surface area contributed by atoms with E-state index < -0.39 is 22.9 Å². The molecule has 2 aromatic carbocycles. The van der Waals surface area contributed by atoms with E-state index in [0.717, 1.165) is 6.07 Å². The van der Waals surface area contributed by atoms with Crippen molar-refractivity contribution in [3.63, 3.8) is 0 Å². The van der Waals surface area contributed by atoms with Gasteiger partial charge in [-0.15, -0.1) is 0 Å². The molecule has 0 aromatic heterocycles. The maximum absolute atomic E-state index is 12.5. The average Bonchev–Trinajstić information content (AvgIpc) is 2.69. The van der Waals surface area contributed by atoms with Crippen LogP contribution >= 0.6 is 11.6 Å². The van der Waals surface area contributed by atoms with Crippen LogP contribution in [0.25, 0.3) is 0 Å². The van der Waals surface area contributed by atoms with E-state index in [-0.39, 0.29) is 17.0 Å². The molecule has 0 saturated heterocycles. The molecule has 2 aromatic rings. The number of rotatable bonds is 7. The van der Waals surface area contributed by atoms with Crippen LogP contribution in [0.4, 0.5) is 11.4 Å². The van der Waals surface area contributed by atoms with Gasteiger partial charge in [-0.2, -0.15) is 0 Å². The molecule has 0 aliphatic rings. The number of aryl methyl sites for hydroxylation is 1. The highest BCUT2D eigenvalue weighted by molar-refractivity contribution is 6.31. The number of esters is 1. The first-order valence-corrected chi connectivity index (χ1v) is 8.74. The first-order valence-electron chi connectivity index (χ1n) is 8.36. The number of benzene rings is 2.